The zero-order valence-electron chi connectivity index (χ0n) is 36.4. The third-order valence-corrected chi connectivity index (χ3v) is 10.3. The van der Waals surface area contributed by atoms with Gasteiger partial charge in [-0.05, 0) is 79.1 Å². The van der Waals surface area contributed by atoms with Gasteiger partial charge in [0.1, 0.15) is 48.2 Å². The van der Waals surface area contributed by atoms with Crippen molar-refractivity contribution in [1.29, 1.82) is 0 Å². The third-order valence-electron chi connectivity index (χ3n) is 10.3. The van der Waals surface area contributed by atoms with E-state index in [1.54, 1.807) is 71.9 Å². The highest BCUT2D eigenvalue weighted by Crippen LogP contribution is 2.28. The second-order valence-electron chi connectivity index (χ2n) is 17.4. The number of carbonyl (C=O) groups is 6. The Bertz CT molecular complexity index is 2220. The Kier molecular flexibility index (Phi) is 15.9. The molecule has 1 aliphatic heterocycles. The maximum absolute atomic E-state index is 14.5. The number of carboxylic acids is 1. The molecule has 6 atom stereocenters. The summed E-state index contributed by atoms with van der Waals surface area (Å²) < 4.78 is 10.8. The Morgan fingerprint density at radius 1 is 0.919 bits per heavy atom. The van der Waals surface area contributed by atoms with Crippen LogP contribution in [-0.4, -0.2) is 113 Å². The molecular weight excluding hydrogens is 797 g/mol. The fourth-order valence-electron chi connectivity index (χ4n) is 6.84. The number of ether oxygens (including phenoxy) is 2. The third kappa shape index (κ3) is 13.1. The van der Waals surface area contributed by atoms with E-state index in [0.29, 0.717) is 16.9 Å². The molecule has 5 amide bonds. The summed E-state index contributed by atoms with van der Waals surface area (Å²) in [5.41, 5.74) is 8.84. The van der Waals surface area contributed by atoms with Crippen molar-refractivity contribution in [2.24, 2.45) is 10.5 Å². The number of fused-ring (bicyclic) bond motifs is 1. The molecule has 4 rings (SSSR count). The van der Waals surface area contributed by atoms with E-state index >= 15 is 0 Å². The monoisotopic (exact) mass is 852 g/mol. The highest BCUT2D eigenvalue weighted by molar-refractivity contribution is 5.97. The summed E-state index contributed by atoms with van der Waals surface area (Å²) in [4.78, 5) is 87.3. The maximum atomic E-state index is 14.5. The molecule has 1 saturated heterocycles. The molecule has 17 nitrogen and oxygen atoms in total. The Balaban J connectivity index is 1.63. The van der Waals surface area contributed by atoms with E-state index in [1.165, 1.54) is 18.9 Å². The highest BCUT2D eigenvalue weighted by Gasteiger charge is 2.46. The number of likely N-dealkylation sites (N-methyl/N-ethyl adjacent to an activating group) is 1. The van der Waals surface area contributed by atoms with Crippen LogP contribution >= 0.6 is 0 Å². The second-order valence-corrected chi connectivity index (χ2v) is 17.4. The van der Waals surface area contributed by atoms with E-state index in [-0.39, 0.29) is 32.4 Å². The van der Waals surface area contributed by atoms with E-state index in [1.807, 2.05) is 36.4 Å². The highest BCUT2D eigenvalue weighted by atomic mass is 16.6. The van der Waals surface area contributed by atoms with Crippen molar-refractivity contribution in [2.45, 2.75) is 110 Å². The van der Waals surface area contributed by atoms with Crippen molar-refractivity contribution in [2.75, 3.05) is 20.2 Å². The van der Waals surface area contributed by atoms with Crippen LogP contribution in [-0.2, 0) is 41.6 Å². The molecule has 1 heterocycles. The Morgan fingerprint density at radius 2 is 1.55 bits per heavy atom. The first-order valence-electron chi connectivity index (χ1n) is 20.2. The number of hydrogen-bond donors (Lipinski definition) is 4. The van der Waals surface area contributed by atoms with Crippen LogP contribution in [0.3, 0.4) is 0 Å². The van der Waals surface area contributed by atoms with E-state index in [9.17, 15) is 39.4 Å². The minimum absolute atomic E-state index is 0.0542. The summed E-state index contributed by atoms with van der Waals surface area (Å²) in [6.45, 7) is 11.6. The van der Waals surface area contributed by atoms with Gasteiger partial charge in [-0.3, -0.25) is 24.1 Å². The molecule has 330 valence electrons. The number of carbonyl (C=O) groups excluding carboxylic acids is 5. The van der Waals surface area contributed by atoms with Crippen molar-refractivity contribution >= 4 is 46.5 Å². The number of terminal acetylenes is 1. The lowest BCUT2D eigenvalue weighted by Gasteiger charge is -2.37. The first kappa shape index (κ1) is 47.9. The van der Waals surface area contributed by atoms with Gasteiger partial charge in [-0.2, -0.15) is 0 Å². The molecule has 3 aromatic rings. The van der Waals surface area contributed by atoms with Crippen molar-refractivity contribution in [3.63, 3.8) is 0 Å². The number of hydrogen-bond acceptors (Lipinski definition) is 9. The topological polar surface area (TPSA) is 232 Å². The summed E-state index contributed by atoms with van der Waals surface area (Å²) in [6, 6.07) is 12.6. The number of amides is 5. The van der Waals surface area contributed by atoms with Crippen LogP contribution in [0.15, 0.2) is 71.8 Å². The molecule has 62 heavy (non-hydrogen) atoms. The van der Waals surface area contributed by atoms with E-state index in [0.717, 1.165) is 15.7 Å². The molecule has 0 radical (unpaired) electrons. The van der Waals surface area contributed by atoms with Gasteiger partial charge in [-0.1, -0.05) is 86.4 Å². The Morgan fingerprint density at radius 3 is 2.15 bits per heavy atom. The van der Waals surface area contributed by atoms with Crippen molar-refractivity contribution in [3.8, 4) is 18.1 Å². The molecule has 1 aliphatic rings. The van der Waals surface area contributed by atoms with Gasteiger partial charge in [0.25, 0.3) is 0 Å². The van der Waals surface area contributed by atoms with Gasteiger partial charge in [0.2, 0.25) is 23.6 Å². The number of carboxylic acid groups (broad SMARTS) is 1. The van der Waals surface area contributed by atoms with E-state index in [2.05, 4.69) is 31.9 Å². The summed E-state index contributed by atoms with van der Waals surface area (Å²) in [5, 5.41) is 23.9. The minimum atomic E-state index is -1.40. The minimum Gasteiger partial charge on any atom is -0.481 e. The van der Waals surface area contributed by atoms with Crippen molar-refractivity contribution < 1.29 is 43.3 Å². The van der Waals surface area contributed by atoms with Gasteiger partial charge in [0, 0.05) is 31.3 Å². The van der Waals surface area contributed by atoms with Crippen LogP contribution in [0, 0.1) is 17.8 Å². The number of azide groups is 1. The normalized spacial score (nSPS) is 16.9. The summed E-state index contributed by atoms with van der Waals surface area (Å²) in [5.74, 6) is -1.33. The van der Waals surface area contributed by atoms with Crippen molar-refractivity contribution in [3.05, 3.63) is 88.3 Å². The molecule has 4 N–H and O–H groups in total. The van der Waals surface area contributed by atoms with Gasteiger partial charge in [-0.15, -0.1) is 6.42 Å². The quantitative estimate of drug-likeness (QED) is 0.0673. The largest absolute Gasteiger partial charge is 0.481 e. The smallest absolute Gasteiger partial charge is 0.410 e. The predicted octanol–water partition coefficient (Wildman–Crippen LogP) is 4.76. The number of nitrogens with one attached hydrogen (secondary N) is 3. The first-order valence-corrected chi connectivity index (χ1v) is 20.2. The van der Waals surface area contributed by atoms with Gasteiger partial charge in [-0.25, -0.2) is 9.59 Å². The molecule has 0 unspecified atom stereocenters. The van der Waals surface area contributed by atoms with E-state index in [4.69, 9.17) is 15.9 Å². The zero-order valence-corrected chi connectivity index (χ0v) is 36.4. The number of aliphatic carboxylic acids is 1. The lowest BCUT2D eigenvalue weighted by atomic mass is 9.85. The number of benzene rings is 3. The number of likely N-dealkylation sites (tertiary alicyclic amines) is 1. The predicted molar refractivity (Wildman–Crippen MR) is 232 cm³/mol. The molecule has 3 aromatic carbocycles. The molecule has 0 aromatic heterocycles. The fourth-order valence-corrected chi connectivity index (χ4v) is 6.84. The van der Waals surface area contributed by atoms with Gasteiger partial charge >= 0.3 is 12.1 Å². The first-order chi connectivity index (χ1) is 29.1. The SMILES string of the molecule is C#CCOc1ccc(C[C@H](NC(=O)[C@H](Cc2ccc3ccccc3c2)NC(=O)[C@@H]2C[C@H](N=[N+]=[N-])CN2C(=O)[C@@H](NC(=O)[C@H](C)N(C)C(=O)OC(C)(C)C)C(C)(C)C)C(=O)O)cc1. The summed E-state index contributed by atoms with van der Waals surface area (Å²) in [7, 11) is 1.40. The van der Waals surface area contributed by atoms with Gasteiger partial charge < -0.3 is 35.4 Å². The molecule has 0 spiro atoms. The molecule has 17 heteroatoms. The fraction of sp³-hybridized carbons (Fsp3) is 0.467. The average Bonchev–Trinajstić information content (AvgIpc) is 3.64. The van der Waals surface area contributed by atoms with Crippen LogP contribution in [0.5, 0.6) is 5.75 Å². The van der Waals surface area contributed by atoms with Crippen LogP contribution in [0.1, 0.15) is 66.0 Å². The van der Waals surface area contributed by atoms with Crippen LogP contribution in [0.4, 0.5) is 4.79 Å². The van der Waals surface area contributed by atoms with Crippen LogP contribution in [0.25, 0.3) is 21.2 Å². The molecule has 0 aliphatic carbocycles. The van der Waals surface area contributed by atoms with Gasteiger partial charge in [0.15, 0.2) is 0 Å². The molecule has 1 fully saturated rings. The standard InChI is InChI=1S/C45H56N8O9/c1-10-21-61-33-19-16-28(17-20-33)23-35(42(58)59)48-39(55)34(24-29-15-18-30-13-11-12-14-31(30)22-29)47-40(56)36-25-32(50-51-46)26-53(36)41(57)37(44(3,4)5)49-38(54)27(2)52(9)43(60)62-45(6,7)8/h1,11-20,22,27,32,34-37H,21,23-26H2,2-9H3,(H,47,56)(H,48,55)(H,49,54)(H,58,59)/t27-,32-,34-,35-,36-,37+/m0/s1. The molecular formula is C45H56N8O9. The molecule has 0 bridgehead atoms. The van der Waals surface area contributed by atoms with Crippen molar-refractivity contribution in [1.82, 2.24) is 25.8 Å². The average molecular weight is 853 g/mol. The van der Waals surface area contributed by atoms with Crippen LogP contribution in [0.2, 0.25) is 0 Å². The molecule has 0 saturated carbocycles. The van der Waals surface area contributed by atoms with Gasteiger partial charge in [0.05, 0.1) is 6.04 Å². The summed E-state index contributed by atoms with van der Waals surface area (Å²) in [6.07, 6.45) is 4.26. The summed E-state index contributed by atoms with van der Waals surface area (Å²) >= 11 is 0. The second kappa shape index (κ2) is 20.7. The Labute approximate surface area is 361 Å². The zero-order chi connectivity index (χ0) is 45.9. The lowest BCUT2D eigenvalue weighted by Crippen LogP contribution is -2.61. The number of nitrogens with zero attached hydrogens (tertiary/aromatic N) is 5. The lowest BCUT2D eigenvalue weighted by molar-refractivity contribution is -0.145. The van der Waals surface area contributed by atoms with E-state index < -0.39 is 83.0 Å². The number of rotatable bonds is 16. The Hall–Kier alpha value is -6.79. The maximum Gasteiger partial charge on any atom is 0.410 e. The van der Waals surface area contributed by atoms with Crippen LogP contribution < -0.4 is 20.7 Å².